The summed E-state index contributed by atoms with van der Waals surface area (Å²) in [4.78, 5) is 24.9. The standard InChI is InChI=1S/C21H19ClFN5O3/c1-27-8-21(9-27)10-28(20(29)31-21)17-6-13-16(7-18(17)30-2)24-11-25-19(13)26-15-4-3-12(22)5-14(15)23/h3-7,11H,8-10H2,1-2H3,(H,24,25,26). The van der Waals surface area contributed by atoms with E-state index in [-0.39, 0.29) is 5.69 Å². The molecule has 0 saturated carbocycles. The largest absolute Gasteiger partial charge is 0.494 e. The van der Waals surface area contributed by atoms with E-state index in [1.54, 1.807) is 23.1 Å². The molecule has 10 heteroatoms. The molecule has 0 bridgehead atoms. The van der Waals surface area contributed by atoms with Crippen LogP contribution in [-0.4, -0.2) is 60.4 Å². The summed E-state index contributed by atoms with van der Waals surface area (Å²) in [6, 6.07) is 7.82. The molecule has 2 aromatic carbocycles. The van der Waals surface area contributed by atoms with Gasteiger partial charge in [0.15, 0.2) is 5.60 Å². The number of likely N-dealkylation sites (tertiary alicyclic amines) is 1. The Morgan fingerprint density at radius 3 is 2.74 bits per heavy atom. The molecule has 5 rings (SSSR count). The highest BCUT2D eigenvalue weighted by atomic mass is 35.5. The lowest BCUT2D eigenvalue weighted by molar-refractivity contribution is -0.0599. The molecule has 1 amide bonds. The third-order valence-electron chi connectivity index (χ3n) is 5.50. The van der Waals surface area contributed by atoms with Crippen molar-refractivity contribution in [2.75, 3.05) is 44.0 Å². The minimum absolute atomic E-state index is 0.221. The molecule has 3 heterocycles. The van der Waals surface area contributed by atoms with E-state index in [2.05, 4.69) is 20.2 Å². The van der Waals surface area contributed by atoms with Gasteiger partial charge in [-0.15, -0.1) is 0 Å². The van der Waals surface area contributed by atoms with E-state index in [1.165, 1.54) is 25.6 Å². The Hall–Kier alpha value is -3.17. The van der Waals surface area contributed by atoms with E-state index in [9.17, 15) is 9.18 Å². The first-order valence-corrected chi connectivity index (χ1v) is 9.99. The minimum Gasteiger partial charge on any atom is -0.494 e. The molecular weight excluding hydrogens is 425 g/mol. The van der Waals surface area contributed by atoms with Crippen LogP contribution in [-0.2, 0) is 4.74 Å². The molecule has 2 aliphatic rings. The van der Waals surface area contributed by atoms with Crippen molar-refractivity contribution in [1.29, 1.82) is 0 Å². The van der Waals surface area contributed by atoms with Crippen molar-refractivity contribution >= 4 is 45.8 Å². The van der Waals surface area contributed by atoms with Crippen LogP contribution >= 0.6 is 11.6 Å². The number of likely N-dealkylation sites (N-methyl/N-ethyl adjacent to an activating group) is 1. The fourth-order valence-corrected chi connectivity index (χ4v) is 4.33. The van der Waals surface area contributed by atoms with Crippen LogP contribution in [0.3, 0.4) is 0 Å². The van der Waals surface area contributed by atoms with Gasteiger partial charge in [0, 0.05) is 29.6 Å². The first-order valence-electron chi connectivity index (χ1n) is 9.61. The molecule has 1 spiro atoms. The van der Waals surface area contributed by atoms with Gasteiger partial charge in [0.25, 0.3) is 0 Å². The number of benzene rings is 2. The van der Waals surface area contributed by atoms with Crippen molar-refractivity contribution in [3.63, 3.8) is 0 Å². The summed E-state index contributed by atoms with van der Waals surface area (Å²) in [6.07, 6.45) is 0.946. The number of hydrogen-bond donors (Lipinski definition) is 1. The lowest BCUT2D eigenvalue weighted by Gasteiger charge is -2.43. The summed E-state index contributed by atoms with van der Waals surface area (Å²) < 4.78 is 25.5. The maximum Gasteiger partial charge on any atom is 0.415 e. The van der Waals surface area contributed by atoms with Crippen molar-refractivity contribution < 1.29 is 18.7 Å². The first kappa shape index (κ1) is 19.8. The zero-order chi connectivity index (χ0) is 21.8. The maximum atomic E-state index is 14.3. The van der Waals surface area contributed by atoms with Gasteiger partial charge in [-0.25, -0.2) is 19.2 Å². The lowest BCUT2D eigenvalue weighted by Crippen LogP contribution is -2.62. The summed E-state index contributed by atoms with van der Waals surface area (Å²) in [7, 11) is 3.51. The normalized spacial score (nSPS) is 17.7. The molecule has 2 saturated heterocycles. The van der Waals surface area contributed by atoms with Crippen molar-refractivity contribution in [2.24, 2.45) is 0 Å². The number of rotatable bonds is 4. The third kappa shape index (κ3) is 3.39. The number of aromatic nitrogens is 2. The summed E-state index contributed by atoms with van der Waals surface area (Å²) in [5.74, 6) is 0.365. The molecule has 0 atom stereocenters. The highest BCUT2D eigenvalue weighted by molar-refractivity contribution is 6.30. The summed E-state index contributed by atoms with van der Waals surface area (Å²) in [5, 5.41) is 3.89. The zero-order valence-corrected chi connectivity index (χ0v) is 17.6. The predicted molar refractivity (Wildman–Crippen MR) is 115 cm³/mol. The molecule has 3 aromatic rings. The van der Waals surface area contributed by atoms with Crippen molar-refractivity contribution in [2.45, 2.75) is 5.60 Å². The molecule has 2 fully saturated rings. The molecule has 0 unspecified atom stereocenters. The molecule has 8 nitrogen and oxygen atoms in total. The van der Waals surface area contributed by atoms with Crippen LogP contribution in [0.2, 0.25) is 5.02 Å². The van der Waals surface area contributed by atoms with Gasteiger partial charge in [-0.05, 0) is 31.3 Å². The van der Waals surface area contributed by atoms with Gasteiger partial charge < -0.3 is 14.8 Å². The molecular formula is C21H19ClFN5O3. The van der Waals surface area contributed by atoms with Gasteiger partial charge in [-0.3, -0.25) is 9.80 Å². The van der Waals surface area contributed by atoms with Crippen LogP contribution < -0.4 is 15.0 Å². The number of amides is 1. The van der Waals surface area contributed by atoms with Gasteiger partial charge in [0.2, 0.25) is 0 Å². The van der Waals surface area contributed by atoms with Gasteiger partial charge >= 0.3 is 6.09 Å². The quantitative estimate of drug-likeness (QED) is 0.656. The Morgan fingerprint density at radius 1 is 1.23 bits per heavy atom. The second-order valence-corrected chi connectivity index (χ2v) is 8.26. The number of carbonyl (C=O) groups is 1. The van der Waals surface area contributed by atoms with E-state index in [0.717, 1.165) is 0 Å². The number of anilines is 3. The maximum absolute atomic E-state index is 14.3. The number of nitrogens with zero attached hydrogens (tertiary/aromatic N) is 4. The molecule has 1 aromatic heterocycles. The fraction of sp³-hybridized carbons (Fsp3) is 0.286. The molecule has 2 aliphatic heterocycles. The molecule has 1 N–H and O–H groups in total. The Bertz CT molecular complexity index is 1200. The van der Waals surface area contributed by atoms with Gasteiger partial charge in [-0.2, -0.15) is 0 Å². The van der Waals surface area contributed by atoms with Crippen molar-refractivity contribution in [3.05, 3.63) is 47.5 Å². The second kappa shape index (κ2) is 7.21. The fourth-order valence-electron chi connectivity index (χ4n) is 4.18. The van der Waals surface area contributed by atoms with E-state index in [4.69, 9.17) is 21.1 Å². The second-order valence-electron chi connectivity index (χ2n) is 7.82. The number of hydrogen-bond acceptors (Lipinski definition) is 7. The highest BCUT2D eigenvalue weighted by Crippen LogP contribution is 2.41. The molecule has 160 valence electrons. The van der Waals surface area contributed by atoms with Crippen LogP contribution in [0.5, 0.6) is 5.75 Å². The van der Waals surface area contributed by atoms with Crippen molar-refractivity contribution in [3.8, 4) is 5.75 Å². The molecule has 31 heavy (non-hydrogen) atoms. The van der Waals surface area contributed by atoms with Crippen molar-refractivity contribution in [1.82, 2.24) is 14.9 Å². The Kier molecular flexibility index (Phi) is 4.60. The number of methoxy groups -OCH3 is 1. The highest BCUT2D eigenvalue weighted by Gasteiger charge is 2.53. The van der Waals surface area contributed by atoms with Gasteiger partial charge in [-0.1, -0.05) is 11.6 Å². The van der Waals surface area contributed by atoms with Crippen LogP contribution in [0, 0.1) is 5.82 Å². The topological polar surface area (TPSA) is 79.8 Å². The third-order valence-corrected chi connectivity index (χ3v) is 5.73. The van der Waals surface area contributed by atoms with Crippen LogP contribution in [0.25, 0.3) is 10.9 Å². The average molecular weight is 444 g/mol. The Morgan fingerprint density at radius 2 is 2.03 bits per heavy atom. The molecule has 0 aliphatic carbocycles. The number of fused-ring (bicyclic) bond motifs is 1. The van der Waals surface area contributed by atoms with Crippen LogP contribution in [0.4, 0.5) is 26.4 Å². The van der Waals surface area contributed by atoms with E-state index < -0.39 is 17.5 Å². The first-order chi connectivity index (χ1) is 14.9. The summed E-state index contributed by atoms with van der Waals surface area (Å²) in [5.41, 5.74) is 0.838. The average Bonchev–Trinajstić information content (AvgIpc) is 3.06. The van der Waals surface area contributed by atoms with E-state index in [0.29, 0.717) is 52.8 Å². The minimum atomic E-state index is -0.507. The summed E-state index contributed by atoms with van der Waals surface area (Å²) in [6.45, 7) is 1.77. The summed E-state index contributed by atoms with van der Waals surface area (Å²) >= 11 is 5.84. The Balaban J connectivity index is 1.56. The van der Waals surface area contributed by atoms with Crippen LogP contribution in [0.15, 0.2) is 36.7 Å². The van der Waals surface area contributed by atoms with E-state index in [1.807, 2.05) is 7.05 Å². The number of ether oxygens (including phenoxy) is 2. The SMILES string of the molecule is COc1cc2ncnc(Nc3ccc(Cl)cc3F)c2cc1N1CC2(CN(C)C2)OC1=O. The molecule has 0 radical (unpaired) electrons. The van der Waals surface area contributed by atoms with Gasteiger partial charge in [0.1, 0.15) is 23.7 Å². The van der Waals surface area contributed by atoms with E-state index >= 15 is 0 Å². The van der Waals surface area contributed by atoms with Crippen LogP contribution in [0.1, 0.15) is 0 Å². The number of carbonyl (C=O) groups excluding carboxylic acids is 1. The van der Waals surface area contributed by atoms with Gasteiger partial charge in [0.05, 0.1) is 30.5 Å². The lowest BCUT2D eigenvalue weighted by atomic mass is 9.95. The monoisotopic (exact) mass is 443 g/mol. The number of halogens is 2. The smallest absolute Gasteiger partial charge is 0.415 e. The zero-order valence-electron chi connectivity index (χ0n) is 16.9. The Labute approximate surface area is 182 Å². The number of nitrogens with one attached hydrogen (secondary N) is 1. The predicted octanol–water partition coefficient (Wildman–Crippen LogP) is 3.82.